The van der Waals surface area contributed by atoms with Crippen molar-refractivity contribution in [3.05, 3.63) is 41.7 Å². The zero-order chi connectivity index (χ0) is 17.8. The van der Waals surface area contributed by atoms with Crippen molar-refractivity contribution >= 4 is 5.91 Å². The summed E-state index contributed by atoms with van der Waals surface area (Å²) in [6.45, 7) is 2.73. The van der Waals surface area contributed by atoms with Crippen LogP contribution in [0.3, 0.4) is 0 Å². The SMILES string of the molecule is O=C(CC1=CCCCC1)N1CC2(C[C@@H](OCc3cccnc3)CCO2)C1. The molecule has 1 atom stereocenters. The van der Waals surface area contributed by atoms with Crippen molar-refractivity contribution in [2.45, 2.75) is 63.3 Å². The summed E-state index contributed by atoms with van der Waals surface area (Å²) in [6.07, 6.45) is 13.2. The summed E-state index contributed by atoms with van der Waals surface area (Å²) in [6, 6.07) is 3.97. The number of likely N-dealkylation sites (tertiary alicyclic amines) is 1. The Morgan fingerprint density at radius 1 is 1.38 bits per heavy atom. The Balaban J connectivity index is 1.24. The van der Waals surface area contributed by atoms with E-state index in [2.05, 4.69) is 11.1 Å². The van der Waals surface area contributed by atoms with Crippen molar-refractivity contribution in [3.63, 3.8) is 0 Å². The summed E-state index contributed by atoms with van der Waals surface area (Å²) < 4.78 is 12.1. The zero-order valence-corrected chi connectivity index (χ0v) is 15.4. The molecule has 0 N–H and O–H groups in total. The molecule has 1 amide bonds. The summed E-state index contributed by atoms with van der Waals surface area (Å²) in [4.78, 5) is 18.6. The van der Waals surface area contributed by atoms with Gasteiger partial charge in [-0.25, -0.2) is 0 Å². The average molecular weight is 356 g/mol. The molecule has 4 rings (SSSR count). The third-order valence-electron chi connectivity index (χ3n) is 5.73. The van der Waals surface area contributed by atoms with Crippen LogP contribution in [0.1, 0.15) is 50.5 Å². The minimum absolute atomic E-state index is 0.186. The summed E-state index contributed by atoms with van der Waals surface area (Å²) in [5.74, 6) is 0.255. The summed E-state index contributed by atoms with van der Waals surface area (Å²) in [5, 5.41) is 0. The number of carbonyl (C=O) groups excluding carboxylic acids is 1. The van der Waals surface area contributed by atoms with E-state index in [9.17, 15) is 4.79 Å². The second-order valence-electron chi connectivity index (χ2n) is 7.85. The number of rotatable bonds is 5. The maximum Gasteiger partial charge on any atom is 0.226 e. The summed E-state index contributed by atoms with van der Waals surface area (Å²) >= 11 is 0. The standard InChI is InChI=1S/C21H28N2O3/c24-20(11-17-5-2-1-3-6-17)23-15-21(16-23)12-19(8-10-26-21)25-14-18-7-4-9-22-13-18/h4-5,7,9,13,19H,1-3,6,8,10-12,14-16H2/t19-/m0/s1. The molecule has 2 saturated heterocycles. The van der Waals surface area contributed by atoms with Crippen molar-refractivity contribution in [2.75, 3.05) is 19.7 Å². The molecule has 0 unspecified atom stereocenters. The molecule has 2 fully saturated rings. The predicted octanol–water partition coefficient (Wildman–Crippen LogP) is 3.25. The maximum atomic E-state index is 12.5. The van der Waals surface area contributed by atoms with E-state index < -0.39 is 0 Å². The number of hydrogen-bond acceptors (Lipinski definition) is 4. The highest BCUT2D eigenvalue weighted by molar-refractivity contribution is 5.80. The zero-order valence-electron chi connectivity index (χ0n) is 15.4. The van der Waals surface area contributed by atoms with E-state index in [0.717, 1.165) is 31.2 Å². The van der Waals surface area contributed by atoms with Crippen molar-refractivity contribution < 1.29 is 14.3 Å². The van der Waals surface area contributed by atoms with Crippen LogP contribution in [-0.2, 0) is 20.9 Å². The molecule has 3 aliphatic rings. The molecule has 5 nitrogen and oxygen atoms in total. The fraction of sp³-hybridized carbons (Fsp3) is 0.619. The molecule has 140 valence electrons. The lowest BCUT2D eigenvalue weighted by Crippen LogP contribution is -2.67. The minimum Gasteiger partial charge on any atom is -0.373 e. The van der Waals surface area contributed by atoms with Gasteiger partial charge in [0.2, 0.25) is 5.91 Å². The van der Waals surface area contributed by atoms with Crippen LogP contribution in [0.2, 0.25) is 0 Å². The first-order chi connectivity index (χ1) is 12.7. The van der Waals surface area contributed by atoms with Gasteiger partial charge in [-0.3, -0.25) is 9.78 Å². The Kier molecular flexibility index (Phi) is 5.36. The Bertz CT molecular complexity index is 652. The van der Waals surface area contributed by atoms with Crippen LogP contribution in [0.4, 0.5) is 0 Å². The highest BCUT2D eigenvalue weighted by Crippen LogP contribution is 2.36. The largest absolute Gasteiger partial charge is 0.373 e. The van der Waals surface area contributed by atoms with Crippen LogP contribution >= 0.6 is 0 Å². The number of ether oxygens (including phenoxy) is 2. The normalized spacial score (nSPS) is 24.8. The van der Waals surface area contributed by atoms with Gasteiger partial charge in [-0.15, -0.1) is 0 Å². The molecule has 0 aromatic carbocycles. The minimum atomic E-state index is -0.186. The fourth-order valence-electron chi connectivity index (χ4n) is 4.24. The number of carbonyl (C=O) groups is 1. The third kappa shape index (κ3) is 4.15. The second-order valence-corrected chi connectivity index (χ2v) is 7.85. The van der Waals surface area contributed by atoms with Crippen LogP contribution < -0.4 is 0 Å². The van der Waals surface area contributed by atoms with Gasteiger partial charge in [0.15, 0.2) is 0 Å². The van der Waals surface area contributed by atoms with E-state index in [1.165, 1.54) is 18.4 Å². The van der Waals surface area contributed by atoms with Crippen LogP contribution in [0.15, 0.2) is 36.2 Å². The van der Waals surface area contributed by atoms with Gasteiger partial charge in [0.25, 0.3) is 0 Å². The van der Waals surface area contributed by atoms with E-state index in [-0.39, 0.29) is 17.6 Å². The molecule has 0 saturated carbocycles. The van der Waals surface area contributed by atoms with Crippen LogP contribution in [0.5, 0.6) is 0 Å². The summed E-state index contributed by atoms with van der Waals surface area (Å²) in [5.41, 5.74) is 2.23. The molecule has 5 heteroatoms. The molecule has 1 aliphatic carbocycles. The lowest BCUT2D eigenvalue weighted by Gasteiger charge is -2.53. The Labute approximate surface area is 155 Å². The van der Waals surface area contributed by atoms with Crippen molar-refractivity contribution in [2.24, 2.45) is 0 Å². The monoisotopic (exact) mass is 356 g/mol. The number of amides is 1. The lowest BCUT2D eigenvalue weighted by molar-refractivity contribution is -0.202. The smallest absolute Gasteiger partial charge is 0.226 e. The van der Waals surface area contributed by atoms with Crippen molar-refractivity contribution in [1.29, 1.82) is 0 Å². The first-order valence-electron chi connectivity index (χ1n) is 9.83. The average Bonchev–Trinajstić information content (AvgIpc) is 2.66. The molecule has 26 heavy (non-hydrogen) atoms. The van der Waals surface area contributed by atoms with Crippen LogP contribution in [0.25, 0.3) is 0 Å². The maximum absolute atomic E-state index is 12.5. The Morgan fingerprint density at radius 3 is 3.08 bits per heavy atom. The highest BCUT2D eigenvalue weighted by Gasteiger charge is 2.49. The van der Waals surface area contributed by atoms with Gasteiger partial charge in [0, 0.05) is 31.8 Å². The lowest BCUT2D eigenvalue weighted by atomic mass is 9.84. The second kappa shape index (κ2) is 7.89. The molecule has 2 aliphatic heterocycles. The van der Waals surface area contributed by atoms with E-state index in [1.54, 1.807) is 6.20 Å². The van der Waals surface area contributed by atoms with Gasteiger partial charge in [-0.1, -0.05) is 17.7 Å². The molecule has 0 bridgehead atoms. The molecule has 0 radical (unpaired) electrons. The molecular formula is C21H28N2O3. The van der Waals surface area contributed by atoms with E-state index in [0.29, 0.717) is 32.7 Å². The van der Waals surface area contributed by atoms with Crippen molar-refractivity contribution in [3.8, 4) is 0 Å². The number of hydrogen-bond donors (Lipinski definition) is 0. The van der Waals surface area contributed by atoms with Gasteiger partial charge in [-0.05, 0) is 43.7 Å². The molecular weight excluding hydrogens is 328 g/mol. The van der Waals surface area contributed by atoms with E-state index >= 15 is 0 Å². The first-order valence-corrected chi connectivity index (χ1v) is 9.83. The van der Waals surface area contributed by atoms with Crippen LogP contribution in [0, 0.1) is 0 Å². The van der Waals surface area contributed by atoms with Gasteiger partial charge in [0.05, 0.1) is 25.8 Å². The predicted molar refractivity (Wildman–Crippen MR) is 98.5 cm³/mol. The fourth-order valence-corrected chi connectivity index (χ4v) is 4.24. The molecule has 1 spiro atoms. The van der Waals surface area contributed by atoms with Gasteiger partial charge in [-0.2, -0.15) is 0 Å². The Morgan fingerprint density at radius 2 is 2.31 bits per heavy atom. The van der Waals surface area contributed by atoms with Gasteiger partial charge < -0.3 is 14.4 Å². The highest BCUT2D eigenvalue weighted by atomic mass is 16.5. The van der Waals surface area contributed by atoms with Gasteiger partial charge >= 0.3 is 0 Å². The van der Waals surface area contributed by atoms with E-state index in [4.69, 9.17) is 9.47 Å². The first kappa shape index (κ1) is 17.7. The third-order valence-corrected chi connectivity index (χ3v) is 5.73. The number of pyridine rings is 1. The van der Waals surface area contributed by atoms with Crippen LogP contribution in [-0.4, -0.2) is 47.2 Å². The van der Waals surface area contributed by atoms with Gasteiger partial charge in [0.1, 0.15) is 5.60 Å². The molecule has 1 aromatic rings. The van der Waals surface area contributed by atoms with E-state index in [1.807, 2.05) is 23.2 Å². The number of allylic oxidation sites excluding steroid dienone is 1. The van der Waals surface area contributed by atoms with Crippen molar-refractivity contribution in [1.82, 2.24) is 9.88 Å². The molecule has 1 aromatic heterocycles. The quantitative estimate of drug-likeness (QED) is 0.760. The number of nitrogens with zero attached hydrogens (tertiary/aromatic N) is 2. The topological polar surface area (TPSA) is 51.7 Å². The molecule has 3 heterocycles. The summed E-state index contributed by atoms with van der Waals surface area (Å²) in [7, 11) is 0. The number of aromatic nitrogens is 1. The Hall–Kier alpha value is -1.72.